The predicted molar refractivity (Wildman–Crippen MR) is 50.8 cm³/mol. The largest absolute Gasteiger partial charge is 0.480 e. The molecular weight excluding hydrogens is 170 g/mol. The molecule has 0 spiro atoms. The second kappa shape index (κ2) is 6.86. The highest BCUT2D eigenvalue weighted by Gasteiger charge is 2.11. The molecule has 0 aromatic carbocycles. The van der Waals surface area contributed by atoms with E-state index in [0.717, 1.165) is 13.1 Å². The number of rotatable bonds is 7. The van der Waals surface area contributed by atoms with Crippen LogP contribution in [0, 0.1) is 5.92 Å². The Morgan fingerprint density at radius 1 is 1.62 bits per heavy atom. The Kier molecular flexibility index (Phi) is 6.54. The van der Waals surface area contributed by atoms with Gasteiger partial charge in [-0.05, 0) is 12.5 Å². The summed E-state index contributed by atoms with van der Waals surface area (Å²) in [4.78, 5) is 12.3. The van der Waals surface area contributed by atoms with Crippen molar-refractivity contribution in [3.05, 3.63) is 0 Å². The van der Waals surface area contributed by atoms with Crippen LogP contribution in [0.25, 0.3) is 0 Å². The van der Waals surface area contributed by atoms with E-state index in [4.69, 9.17) is 9.84 Å². The fraction of sp³-hybridized carbons (Fsp3) is 0.889. The van der Waals surface area contributed by atoms with E-state index in [-0.39, 0.29) is 6.54 Å². The van der Waals surface area contributed by atoms with E-state index in [1.165, 1.54) is 0 Å². The molecule has 0 radical (unpaired) electrons. The molecule has 0 bridgehead atoms. The van der Waals surface area contributed by atoms with Gasteiger partial charge in [0.1, 0.15) is 0 Å². The molecule has 0 aliphatic rings. The summed E-state index contributed by atoms with van der Waals surface area (Å²) in [5, 5.41) is 8.58. The number of methoxy groups -OCH3 is 1. The molecule has 0 amide bonds. The number of carboxylic acids is 1. The second-order valence-electron chi connectivity index (χ2n) is 3.28. The molecule has 0 aliphatic heterocycles. The molecule has 0 rings (SSSR count). The van der Waals surface area contributed by atoms with E-state index in [2.05, 4.69) is 0 Å². The fourth-order valence-corrected chi connectivity index (χ4v) is 1.27. The molecule has 0 aromatic rings. The molecule has 1 N–H and O–H groups in total. The van der Waals surface area contributed by atoms with E-state index in [1.807, 2.05) is 18.7 Å². The van der Waals surface area contributed by atoms with Crippen LogP contribution in [0.15, 0.2) is 0 Å². The Hall–Kier alpha value is -0.610. The van der Waals surface area contributed by atoms with Crippen molar-refractivity contribution in [1.82, 2.24) is 4.90 Å². The molecule has 0 fully saturated rings. The summed E-state index contributed by atoms with van der Waals surface area (Å²) >= 11 is 0. The van der Waals surface area contributed by atoms with Crippen LogP contribution in [0.1, 0.15) is 13.8 Å². The van der Waals surface area contributed by atoms with Gasteiger partial charge < -0.3 is 9.84 Å². The van der Waals surface area contributed by atoms with Gasteiger partial charge in [-0.25, -0.2) is 0 Å². The van der Waals surface area contributed by atoms with Crippen LogP contribution < -0.4 is 0 Å². The summed E-state index contributed by atoms with van der Waals surface area (Å²) < 4.78 is 4.98. The molecule has 4 heteroatoms. The van der Waals surface area contributed by atoms with Gasteiger partial charge >= 0.3 is 5.97 Å². The standard InChI is InChI=1S/C9H19NO3/c1-4-10(6-9(11)12)5-8(2)7-13-3/h8H,4-7H2,1-3H3,(H,11,12). The maximum Gasteiger partial charge on any atom is 0.317 e. The third-order valence-corrected chi connectivity index (χ3v) is 1.83. The van der Waals surface area contributed by atoms with Gasteiger partial charge in [0, 0.05) is 20.3 Å². The number of hydrogen-bond acceptors (Lipinski definition) is 3. The van der Waals surface area contributed by atoms with Crippen LogP contribution in [0.2, 0.25) is 0 Å². The number of likely N-dealkylation sites (N-methyl/N-ethyl adjacent to an activating group) is 1. The zero-order valence-electron chi connectivity index (χ0n) is 8.62. The lowest BCUT2D eigenvalue weighted by Gasteiger charge is -2.21. The summed E-state index contributed by atoms with van der Waals surface area (Å²) in [6.45, 7) is 6.34. The van der Waals surface area contributed by atoms with Gasteiger partial charge in [0.05, 0.1) is 6.54 Å². The van der Waals surface area contributed by atoms with Crippen molar-refractivity contribution in [3.63, 3.8) is 0 Å². The van der Waals surface area contributed by atoms with E-state index >= 15 is 0 Å². The van der Waals surface area contributed by atoms with E-state index in [9.17, 15) is 4.79 Å². The van der Waals surface area contributed by atoms with Crippen molar-refractivity contribution < 1.29 is 14.6 Å². The zero-order chi connectivity index (χ0) is 10.3. The van der Waals surface area contributed by atoms with Crippen molar-refractivity contribution in [3.8, 4) is 0 Å². The molecule has 78 valence electrons. The summed E-state index contributed by atoms with van der Waals surface area (Å²) in [5.41, 5.74) is 0. The minimum atomic E-state index is -0.772. The summed E-state index contributed by atoms with van der Waals surface area (Å²) in [7, 11) is 1.66. The van der Waals surface area contributed by atoms with Crippen molar-refractivity contribution in [2.75, 3.05) is 33.4 Å². The van der Waals surface area contributed by atoms with Gasteiger partial charge in [0.15, 0.2) is 0 Å². The molecule has 0 aromatic heterocycles. The van der Waals surface area contributed by atoms with Crippen LogP contribution in [0.4, 0.5) is 0 Å². The number of nitrogens with zero attached hydrogens (tertiary/aromatic N) is 1. The van der Waals surface area contributed by atoms with E-state index in [1.54, 1.807) is 7.11 Å². The molecule has 0 heterocycles. The first-order valence-corrected chi connectivity index (χ1v) is 4.53. The van der Waals surface area contributed by atoms with E-state index in [0.29, 0.717) is 12.5 Å². The second-order valence-corrected chi connectivity index (χ2v) is 3.28. The Morgan fingerprint density at radius 3 is 2.62 bits per heavy atom. The number of hydrogen-bond donors (Lipinski definition) is 1. The lowest BCUT2D eigenvalue weighted by molar-refractivity contribution is -0.138. The molecule has 4 nitrogen and oxygen atoms in total. The molecular formula is C9H19NO3. The summed E-state index contributed by atoms with van der Waals surface area (Å²) in [6.07, 6.45) is 0. The van der Waals surface area contributed by atoms with Crippen molar-refractivity contribution in [2.45, 2.75) is 13.8 Å². The Labute approximate surface area is 79.5 Å². The third kappa shape index (κ3) is 6.54. The predicted octanol–water partition coefficient (Wildman–Crippen LogP) is 0.675. The maximum absolute atomic E-state index is 10.4. The smallest absolute Gasteiger partial charge is 0.317 e. The van der Waals surface area contributed by atoms with Gasteiger partial charge in [-0.1, -0.05) is 13.8 Å². The Bertz CT molecular complexity index is 150. The van der Waals surface area contributed by atoms with Crippen molar-refractivity contribution >= 4 is 5.97 Å². The zero-order valence-corrected chi connectivity index (χ0v) is 8.62. The molecule has 1 unspecified atom stereocenters. The molecule has 0 saturated heterocycles. The topological polar surface area (TPSA) is 49.8 Å². The highest BCUT2D eigenvalue weighted by molar-refractivity contribution is 5.69. The van der Waals surface area contributed by atoms with E-state index < -0.39 is 5.97 Å². The summed E-state index contributed by atoms with van der Waals surface area (Å²) in [5.74, 6) is -0.393. The quantitative estimate of drug-likeness (QED) is 0.639. The summed E-state index contributed by atoms with van der Waals surface area (Å²) in [6, 6.07) is 0. The fourth-order valence-electron chi connectivity index (χ4n) is 1.27. The van der Waals surface area contributed by atoms with Gasteiger partial charge in [0.2, 0.25) is 0 Å². The minimum absolute atomic E-state index is 0.116. The average molecular weight is 189 g/mol. The highest BCUT2D eigenvalue weighted by atomic mass is 16.5. The Balaban J connectivity index is 3.75. The van der Waals surface area contributed by atoms with Crippen LogP contribution >= 0.6 is 0 Å². The normalized spacial score (nSPS) is 13.2. The number of carboxylic acid groups (broad SMARTS) is 1. The van der Waals surface area contributed by atoms with Crippen molar-refractivity contribution in [1.29, 1.82) is 0 Å². The van der Waals surface area contributed by atoms with Gasteiger partial charge in [-0.3, -0.25) is 9.69 Å². The first-order chi connectivity index (χ1) is 6.10. The lowest BCUT2D eigenvalue weighted by atomic mass is 10.2. The van der Waals surface area contributed by atoms with Crippen LogP contribution in [-0.2, 0) is 9.53 Å². The maximum atomic E-state index is 10.4. The molecule has 1 atom stereocenters. The molecule has 13 heavy (non-hydrogen) atoms. The van der Waals surface area contributed by atoms with Crippen LogP contribution in [0.5, 0.6) is 0 Å². The SMILES string of the molecule is CCN(CC(=O)O)CC(C)COC. The van der Waals surface area contributed by atoms with Gasteiger partial charge in [-0.15, -0.1) is 0 Å². The lowest BCUT2D eigenvalue weighted by Crippen LogP contribution is -2.34. The van der Waals surface area contributed by atoms with Gasteiger partial charge in [-0.2, -0.15) is 0 Å². The van der Waals surface area contributed by atoms with Gasteiger partial charge in [0.25, 0.3) is 0 Å². The Morgan fingerprint density at radius 2 is 2.23 bits per heavy atom. The average Bonchev–Trinajstić information content (AvgIpc) is 2.02. The number of aliphatic carboxylic acids is 1. The third-order valence-electron chi connectivity index (χ3n) is 1.83. The molecule has 0 saturated carbocycles. The first-order valence-electron chi connectivity index (χ1n) is 4.53. The first kappa shape index (κ1) is 12.4. The van der Waals surface area contributed by atoms with Crippen LogP contribution in [-0.4, -0.2) is 49.3 Å². The molecule has 0 aliphatic carbocycles. The van der Waals surface area contributed by atoms with Crippen molar-refractivity contribution in [2.24, 2.45) is 5.92 Å². The number of carbonyl (C=O) groups is 1. The highest BCUT2D eigenvalue weighted by Crippen LogP contribution is 1.99. The number of ether oxygens (including phenoxy) is 1. The minimum Gasteiger partial charge on any atom is -0.480 e. The van der Waals surface area contributed by atoms with Crippen LogP contribution in [0.3, 0.4) is 0 Å². The monoisotopic (exact) mass is 189 g/mol.